The van der Waals surface area contributed by atoms with Crippen molar-refractivity contribution < 1.29 is 9.90 Å². The van der Waals surface area contributed by atoms with Crippen LogP contribution in [0.2, 0.25) is 0 Å². The van der Waals surface area contributed by atoms with E-state index >= 15 is 0 Å². The number of nitrogens with zero attached hydrogens (tertiary/aromatic N) is 2. The molecule has 0 radical (unpaired) electrons. The highest BCUT2D eigenvalue weighted by Crippen LogP contribution is 2.13. The lowest BCUT2D eigenvalue weighted by Crippen LogP contribution is -2.25. The maximum absolute atomic E-state index is 12.4. The Labute approximate surface area is 140 Å². The number of nitrogens with one attached hydrogen (secondary N) is 1. The summed E-state index contributed by atoms with van der Waals surface area (Å²) in [5, 5.41) is 12.4. The van der Waals surface area contributed by atoms with Gasteiger partial charge in [0.15, 0.2) is 0 Å². The van der Waals surface area contributed by atoms with Crippen molar-refractivity contribution in [3.8, 4) is 5.69 Å². The minimum atomic E-state index is -0.492. The number of hydrogen-bond acceptors (Lipinski definition) is 3. The summed E-state index contributed by atoms with van der Waals surface area (Å²) >= 11 is 0. The Kier molecular flexibility index (Phi) is 4.72. The van der Waals surface area contributed by atoms with Crippen molar-refractivity contribution in [1.82, 2.24) is 14.9 Å². The van der Waals surface area contributed by atoms with Crippen LogP contribution in [-0.4, -0.2) is 20.6 Å². The molecule has 0 aliphatic carbocycles. The van der Waals surface area contributed by atoms with E-state index < -0.39 is 6.10 Å². The van der Waals surface area contributed by atoms with Crippen LogP contribution in [0.25, 0.3) is 5.69 Å². The molecule has 0 saturated heterocycles. The second-order valence-corrected chi connectivity index (χ2v) is 5.58. The van der Waals surface area contributed by atoms with Gasteiger partial charge in [0.1, 0.15) is 5.69 Å². The van der Waals surface area contributed by atoms with Crippen molar-refractivity contribution in [3.05, 3.63) is 83.9 Å². The number of hydrogen-bond donors (Lipinski definition) is 2. The highest BCUT2D eigenvalue weighted by atomic mass is 16.3. The van der Waals surface area contributed by atoms with Crippen LogP contribution in [0.5, 0.6) is 0 Å². The molecule has 0 aliphatic heterocycles. The molecule has 1 amide bonds. The first-order valence-electron chi connectivity index (χ1n) is 7.78. The Morgan fingerprint density at radius 3 is 2.54 bits per heavy atom. The van der Waals surface area contributed by atoms with E-state index in [9.17, 15) is 9.90 Å². The Morgan fingerprint density at radius 2 is 1.88 bits per heavy atom. The van der Waals surface area contributed by atoms with E-state index in [2.05, 4.69) is 10.3 Å². The van der Waals surface area contributed by atoms with Gasteiger partial charge in [-0.25, -0.2) is 4.98 Å². The highest BCUT2D eigenvalue weighted by Gasteiger charge is 2.12. The Morgan fingerprint density at radius 1 is 1.17 bits per heavy atom. The summed E-state index contributed by atoms with van der Waals surface area (Å²) in [5.74, 6) is -0.184. The molecule has 0 fully saturated rings. The maximum Gasteiger partial charge on any atom is 0.270 e. The van der Waals surface area contributed by atoms with Gasteiger partial charge < -0.3 is 10.4 Å². The molecule has 0 unspecified atom stereocenters. The Bertz CT molecular complexity index is 808. The van der Waals surface area contributed by atoms with Gasteiger partial charge in [-0.2, -0.15) is 0 Å². The Balaban J connectivity index is 1.69. The van der Waals surface area contributed by atoms with Crippen LogP contribution in [0.15, 0.2) is 67.1 Å². The Hall–Kier alpha value is -2.92. The smallest absolute Gasteiger partial charge is 0.270 e. The first-order valence-corrected chi connectivity index (χ1v) is 7.78. The predicted molar refractivity (Wildman–Crippen MR) is 91.8 cm³/mol. The van der Waals surface area contributed by atoms with Gasteiger partial charge >= 0.3 is 0 Å². The van der Waals surface area contributed by atoms with Gasteiger partial charge in [0.2, 0.25) is 0 Å². The fourth-order valence-corrected chi connectivity index (χ4v) is 2.44. The van der Waals surface area contributed by atoms with Gasteiger partial charge in [0.25, 0.3) is 5.91 Å². The van der Waals surface area contributed by atoms with E-state index in [1.807, 2.05) is 54.6 Å². The number of rotatable bonds is 5. The van der Waals surface area contributed by atoms with Crippen LogP contribution in [0.1, 0.15) is 34.6 Å². The zero-order valence-electron chi connectivity index (χ0n) is 13.4. The molecule has 0 spiro atoms. The molecule has 2 aromatic carbocycles. The van der Waals surface area contributed by atoms with Crippen LogP contribution in [0.3, 0.4) is 0 Å². The second-order valence-electron chi connectivity index (χ2n) is 5.58. The predicted octanol–water partition coefficient (Wildman–Crippen LogP) is 2.86. The molecule has 5 heteroatoms. The number of benzene rings is 2. The van der Waals surface area contributed by atoms with Crippen LogP contribution in [-0.2, 0) is 6.54 Å². The zero-order chi connectivity index (χ0) is 16.9. The maximum atomic E-state index is 12.4. The summed E-state index contributed by atoms with van der Waals surface area (Å²) < 4.78 is 1.76. The van der Waals surface area contributed by atoms with Crippen molar-refractivity contribution in [2.45, 2.75) is 19.6 Å². The van der Waals surface area contributed by atoms with E-state index in [-0.39, 0.29) is 5.91 Å². The quantitative estimate of drug-likeness (QED) is 0.759. The van der Waals surface area contributed by atoms with E-state index in [1.54, 1.807) is 24.0 Å². The third kappa shape index (κ3) is 3.52. The van der Waals surface area contributed by atoms with Crippen LogP contribution >= 0.6 is 0 Å². The van der Waals surface area contributed by atoms with E-state index in [0.717, 1.165) is 16.8 Å². The SMILES string of the molecule is C[C@@H](O)c1ccc(CNC(=O)c2cncn2-c2ccccc2)cc1. The second kappa shape index (κ2) is 7.10. The van der Waals surface area contributed by atoms with Crippen molar-refractivity contribution >= 4 is 5.91 Å². The monoisotopic (exact) mass is 321 g/mol. The number of carbonyl (C=O) groups excluding carboxylic acids is 1. The molecule has 5 nitrogen and oxygen atoms in total. The molecule has 0 bridgehead atoms. The first-order chi connectivity index (χ1) is 11.6. The highest BCUT2D eigenvalue weighted by molar-refractivity contribution is 5.92. The fourth-order valence-electron chi connectivity index (χ4n) is 2.44. The summed E-state index contributed by atoms with van der Waals surface area (Å²) in [6, 6.07) is 17.1. The molecule has 3 rings (SSSR count). The number of aliphatic hydroxyl groups excluding tert-OH is 1. The summed E-state index contributed by atoms with van der Waals surface area (Å²) in [7, 11) is 0. The molecule has 2 N–H and O–H groups in total. The van der Waals surface area contributed by atoms with Gasteiger partial charge in [-0.3, -0.25) is 9.36 Å². The first kappa shape index (κ1) is 16.0. The lowest BCUT2D eigenvalue weighted by Gasteiger charge is -2.10. The van der Waals surface area contributed by atoms with Crippen molar-refractivity contribution in [1.29, 1.82) is 0 Å². The largest absolute Gasteiger partial charge is 0.389 e. The number of aliphatic hydroxyl groups is 1. The number of amides is 1. The third-order valence-electron chi connectivity index (χ3n) is 3.82. The lowest BCUT2D eigenvalue weighted by molar-refractivity contribution is 0.0944. The van der Waals surface area contributed by atoms with Crippen molar-refractivity contribution in [3.63, 3.8) is 0 Å². The molecule has 3 aromatic rings. The van der Waals surface area contributed by atoms with Gasteiger partial charge in [0, 0.05) is 12.2 Å². The molecular weight excluding hydrogens is 302 g/mol. The number of carbonyl (C=O) groups is 1. The number of aromatic nitrogens is 2. The van der Waals surface area contributed by atoms with Gasteiger partial charge in [-0.15, -0.1) is 0 Å². The summed E-state index contributed by atoms with van der Waals surface area (Å²) in [6.45, 7) is 2.14. The summed E-state index contributed by atoms with van der Waals surface area (Å²) in [4.78, 5) is 16.5. The molecule has 0 aliphatic rings. The fraction of sp³-hybridized carbons (Fsp3) is 0.158. The minimum absolute atomic E-state index is 0.184. The topological polar surface area (TPSA) is 67.2 Å². The molecule has 24 heavy (non-hydrogen) atoms. The van der Waals surface area contributed by atoms with Gasteiger partial charge in [0.05, 0.1) is 18.6 Å². The van der Waals surface area contributed by atoms with Crippen molar-refractivity contribution in [2.75, 3.05) is 0 Å². The van der Waals surface area contributed by atoms with Crippen LogP contribution in [0, 0.1) is 0 Å². The minimum Gasteiger partial charge on any atom is -0.389 e. The standard InChI is InChI=1S/C19H19N3O2/c1-14(23)16-9-7-15(8-10-16)11-21-19(24)18-12-20-13-22(18)17-5-3-2-4-6-17/h2-10,12-14,23H,11H2,1H3,(H,21,24)/t14-/m1/s1. The number of imidazole rings is 1. The van der Waals surface area contributed by atoms with Gasteiger partial charge in [-0.1, -0.05) is 42.5 Å². The average Bonchev–Trinajstić information content (AvgIpc) is 3.10. The number of para-hydroxylation sites is 1. The molecule has 1 heterocycles. The molecular formula is C19H19N3O2. The summed E-state index contributed by atoms with van der Waals surface area (Å²) in [5.41, 5.74) is 3.20. The van der Waals surface area contributed by atoms with E-state index in [4.69, 9.17) is 0 Å². The van der Waals surface area contributed by atoms with Crippen molar-refractivity contribution in [2.24, 2.45) is 0 Å². The average molecular weight is 321 g/mol. The summed E-state index contributed by atoms with van der Waals surface area (Å²) in [6.07, 6.45) is 2.69. The molecule has 1 aromatic heterocycles. The third-order valence-corrected chi connectivity index (χ3v) is 3.82. The van der Waals surface area contributed by atoms with Crippen LogP contribution in [0.4, 0.5) is 0 Å². The zero-order valence-corrected chi connectivity index (χ0v) is 13.4. The van der Waals surface area contributed by atoms with Crippen LogP contribution < -0.4 is 5.32 Å². The lowest BCUT2D eigenvalue weighted by atomic mass is 10.1. The molecule has 0 saturated carbocycles. The molecule has 122 valence electrons. The molecule has 1 atom stereocenters. The normalized spacial score (nSPS) is 11.9. The van der Waals surface area contributed by atoms with E-state index in [1.165, 1.54) is 0 Å². The van der Waals surface area contributed by atoms with E-state index in [0.29, 0.717) is 12.2 Å². The van der Waals surface area contributed by atoms with Gasteiger partial charge in [-0.05, 0) is 30.2 Å².